The maximum absolute atomic E-state index is 12.5. The van der Waals surface area contributed by atoms with Gasteiger partial charge >= 0.3 is 5.97 Å². The first-order chi connectivity index (χ1) is 13.3. The van der Waals surface area contributed by atoms with Gasteiger partial charge in [0.1, 0.15) is 5.75 Å². The molecular weight excluding hydrogens is 446 g/mol. The van der Waals surface area contributed by atoms with Gasteiger partial charge in [0.15, 0.2) is 5.78 Å². The predicted octanol–water partition coefficient (Wildman–Crippen LogP) is 4.29. The highest BCUT2D eigenvalue weighted by Gasteiger charge is 2.36. The van der Waals surface area contributed by atoms with Crippen molar-refractivity contribution in [3.8, 4) is 5.75 Å². The maximum Gasteiger partial charge on any atom is 0.308 e. The second kappa shape index (κ2) is 8.53. The molecule has 1 aliphatic rings. The van der Waals surface area contributed by atoms with Gasteiger partial charge in [0.05, 0.1) is 11.4 Å². The fourth-order valence-corrected chi connectivity index (χ4v) is 3.56. The van der Waals surface area contributed by atoms with Crippen molar-refractivity contribution in [2.75, 3.05) is 6.54 Å². The lowest BCUT2D eigenvalue weighted by Gasteiger charge is -2.11. The third-order valence-electron chi connectivity index (χ3n) is 3.78. The molecule has 0 N–H and O–H groups in total. The van der Waals surface area contributed by atoms with Crippen molar-refractivity contribution >= 4 is 56.7 Å². The number of esters is 1. The summed E-state index contributed by atoms with van der Waals surface area (Å²) in [6.07, 6.45) is 1.56. The molecule has 0 aromatic heterocycles. The van der Waals surface area contributed by atoms with Crippen LogP contribution in [0, 0.1) is 0 Å². The number of hydrogen-bond acceptors (Lipinski definition) is 6. The minimum atomic E-state index is -0.510. The number of benzene rings is 2. The van der Waals surface area contributed by atoms with Crippen LogP contribution in [-0.2, 0) is 9.59 Å². The fraction of sp³-hybridized carbons (Fsp3) is 0.100. The largest absolute Gasteiger partial charge is 0.427 e. The van der Waals surface area contributed by atoms with E-state index in [4.69, 9.17) is 4.74 Å². The van der Waals surface area contributed by atoms with Gasteiger partial charge in [0.25, 0.3) is 11.1 Å². The Balaban J connectivity index is 1.72. The van der Waals surface area contributed by atoms with E-state index in [2.05, 4.69) is 15.9 Å². The predicted molar refractivity (Wildman–Crippen MR) is 109 cm³/mol. The molecule has 0 bridgehead atoms. The molecule has 0 atom stereocenters. The molecular formula is C20H14BrNO5S. The maximum atomic E-state index is 12.5. The zero-order valence-corrected chi connectivity index (χ0v) is 17.1. The van der Waals surface area contributed by atoms with Crippen LogP contribution in [0.25, 0.3) is 6.08 Å². The molecule has 142 valence electrons. The molecule has 3 rings (SSSR count). The number of rotatable bonds is 5. The molecule has 1 aliphatic heterocycles. The Labute approximate surface area is 173 Å². The summed E-state index contributed by atoms with van der Waals surface area (Å²) in [5, 5.41) is -0.488. The van der Waals surface area contributed by atoms with E-state index < -0.39 is 17.1 Å². The molecule has 6 nitrogen and oxygen atoms in total. The summed E-state index contributed by atoms with van der Waals surface area (Å²) in [5.41, 5.74) is 1.09. The van der Waals surface area contributed by atoms with E-state index in [1.165, 1.54) is 6.92 Å². The summed E-state index contributed by atoms with van der Waals surface area (Å²) in [5.74, 6) is -0.867. The first-order valence-corrected chi connectivity index (χ1v) is 9.77. The molecule has 0 aliphatic carbocycles. The van der Waals surface area contributed by atoms with Crippen LogP contribution in [0.1, 0.15) is 22.8 Å². The van der Waals surface area contributed by atoms with Crippen molar-refractivity contribution in [3.63, 3.8) is 0 Å². The molecule has 8 heteroatoms. The zero-order valence-electron chi connectivity index (χ0n) is 14.7. The van der Waals surface area contributed by atoms with Gasteiger partial charge in [0, 0.05) is 17.0 Å². The third kappa shape index (κ3) is 4.76. The molecule has 2 amide bonds. The summed E-state index contributed by atoms with van der Waals surface area (Å²) in [7, 11) is 0. The van der Waals surface area contributed by atoms with E-state index in [0.717, 1.165) is 21.1 Å². The van der Waals surface area contributed by atoms with Gasteiger partial charge in [-0.1, -0.05) is 40.2 Å². The van der Waals surface area contributed by atoms with Crippen LogP contribution in [-0.4, -0.2) is 34.3 Å². The normalized spacial score (nSPS) is 15.2. The van der Waals surface area contributed by atoms with Crippen molar-refractivity contribution in [3.05, 3.63) is 69.0 Å². The SMILES string of the molecule is CC(=O)Oc1ccc(/C=C2/SC(=O)N(CC(=O)c3ccc(Br)cc3)C2=O)cc1. The molecule has 1 saturated heterocycles. The van der Waals surface area contributed by atoms with Gasteiger partial charge in [-0.05, 0) is 47.7 Å². The molecule has 0 saturated carbocycles. The lowest BCUT2D eigenvalue weighted by molar-refractivity contribution is -0.131. The third-order valence-corrected chi connectivity index (χ3v) is 5.22. The minimum absolute atomic E-state index is 0.230. The molecule has 1 fully saturated rings. The molecule has 0 radical (unpaired) electrons. The molecule has 0 spiro atoms. The van der Waals surface area contributed by atoms with E-state index in [1.54, 1.807) is 54.6 Å². The number of hydrogen-bond donors (Lipinski definition) is 0. The van der Waals surface area contributed by atoms with Crippen LogP contribution in [0.5, 0.6) is 5.75 Å². The minimum Gasteiger partial charge on any atom is -0.427 e. The number of nitrogens with zero attached hydrogens (tertiary/aromatic N) is 1. The number of thioether (sulfide) groups is 1. The van der Waals surface area contributed by atoms with Crippen LogP contribution in [0.15, 0.2) is 57.9 Å². The topological polar surface area (TPSA) is 80.8 Å². The summed E-state index contributed by atoms with van der Waals surface area (Å²) in [4.78, 5) is 49.2. The highest BCUT2D eigenvalue weighted by Crippen LogP contribution is 2.32. The van der Waals surface area contributed by atoms with Crippen molar-refractivity contribution in [2.24, 2.45) is 0 Å². The van der Waals surface area contributed by atoms with E-state index in [1.807, 2.05) is 0 Å². The van der Waals surface area contributed by atoms with Gasteiger partial charge in [-0.3, -0.25) is 24.1 Å². The second-order valence-electron chi connectivity index (χ2n) is 5.86. The van der Waals surface area contributed by atoms with Gasteiger partial charge in [0.2, 0.25) is 0 Å². The Morgan fingerprint density at radius 2 is 1.71 bits per heavy atom. The highest BCUT2D eigenvalue weighted by molar-refractivity contribution is 9.10. The van der Waals surface area contributed by atoms with Crippen molar-refractivity contribution in [1.29, 1.82) is 0 Å². The van der Waals surface area contributed by atoms with Gasteiger partial charge < -0.3 is 4.74 Å². The van der Waals surface area contributed by atoms with Crippen LogP contribution in [0.4, 0.5) is 4.79 Å². The Morgan fingerprint density at radius 3 is 2.32 bits per heavy atom. The quantitative estimate of drug-likeness (QED) is 0.287. The van der Waals surface area contributed by atoms with Crippen LogP contribution in [0.3, 0.4) is 0 Å². The monoisotopic (exact) mass is 459 g/mol. The summed E-state index contributed by atoms with van der Waals surface area (Å²) < 4.78 is 5.78. The number of Topliss-reactive ketones (excluding diaryl/α,β-unsaturated/α-hetero) is 1. The van der Waals surface area contributed by atoms with E-state index in [-0.39, 0.29) is 17.2 Å². The molecule has 2 aromatic rings. The number of ketones is 1. The van der Waals surface area contributed by atoms with Crippen molar-refractivity contribution in [1.82, 2.24) is 4.90 Å². The Morgan fingerprint density at radius 1 is 1.07 bits per heavy atom. The van der Waals surface area contributed by atoms with Crippen LogP contribution >= 0.6 is 27.7 Å². The highest BCUT2D eigenvalue weighted by atomic mass is 79.9. The van der Waals surface area contributed by atoms with Crippen LogP contribution < -0.4 is 4.74 Å². The molecule has 0 unspecified atom stereocenters. The second-order valence-corrected chi connectivity index (χ2v) is 7.77. The summed E-state index contributed by atoms with van der Waals surface area (Å²) >= 11 is 4.08. The standard InChI is InChI=1S/C20H14BrNO5S/c1-12(23)27-16-8-2-13(3-9-16)10-18-19(25)22(20(26)28-18)11-17(24)14-4-6-15(21)7-5-14/h2-10H,11H2,1H3/b18-10+. The number of carbonyl (C=O) groups is 4. The summed E-state index contributed by atoms with van der Waals surface area (Å²) in [6.45, 7) is 0.995. The zero-order chi connectivity index (χ0) is 20.3. The summed E-state index contributed by atoms with van der Waals surface area (Å²) in [6, 6.07) is 13.2. The fourth-order valence-electron chi connectivity index (χ4n) is 2.46. The van der Waals surface area contributed by atoms with Gasteiger partial charge in [-0.15, -0.1) is 0 Å². The van der Waals surface area contributed by atoms with E-state index in [0.29, 0.717) is 16.9 Å². The smallest absolute Gasteiger partial charge is 0.308 e. The molecule has 1 heterocycles. The lowest BCUT2D eigenvalue weighted by atomic mass is 10.1. The molecule has 28 heavy (non-hydrogen) atoms. The first kappa shape index (κ1) is 20.0. The molecule has 2 aromatic carbocycles. The number of imide groups is 1. The average molecular weight is 460 g/mol. The Kier molecular flexibility index (Phi) is 6.11. The lowest BCUT2D eigenvalue weighted by Crippen LogP contribution is -2.33. The number of ether oxygens (including phenoxy) is 1. The van der Waals surface area contributed by atoms with Crippen molar-refractivity contribution in [2.45, 2.75) is 6.92 Å². The van der Waals surface area contributed by atoms with Gasteiger partial charge in [-0.2, -0.15) is 0 Å². The van der Waals surface area contributed by atoms with Crippen LogP contribution in [0.2, 0.25) is 0 Å². The first-order valence-electron chi connectivity index (χ1n) is 8.16. The van der Waals surface area contributed by atoms with E-state index >= 15 is 0 Å². The van der Waals surface area contributed by atoms with E-state index in [9.17, 15) is 19.2 Å². The number of halogens is 1. The Hall–Kier alpha value is -2.71. The number of amides is 2. The van der Waals surface area contributed by atoms with Crippen molar-refractivity contribution < 1.29 is 23.9 Å². The number of carbonyl (C=O) groups excluding carboxylic acids is 4. The van der Waals surface area contributed by atoms with Gasteiger partial charge in [-0.25, -0.2) is 0 Å². The average Bonchev–Trinajstić information content (AvgIpc) is 2.91. The Bertz CT molecular complexity index is 983.